The van der Waals surface area contributed by atoms with Crippen molar-refractivity contribution in [3.05, 3.63) is 29.8 Å². The summed E-state index contributed by atoms with van der Waals surface area (Å²) in [7, 11) is 5.61. The van der Waals surface area contributed by atoms with Gasteiger partial charge in [0.15, 0.2) is 0 Å². The Morgan fingerprint density at radius 2 is 1.73 bits per heavy atom. The Balaban J connectivity index is 2.16. The van der Waals surface area contributed by atoms with Gasteiger partial charge in [-0.2, -0.15) is 0 Å². The molecular weight excluding hydrogens is 280 g/mol. The monoisotopic (exact) mass is 306 g/mol. The van der Waals surface area contributed by atoms with Crippen molar-refractivity contribution in [2.45, 2.75) is 25.8 Å². The minimum Gasteiger partial charge on any atom is -0.378 e. The summed E-state index contributed by atoms with van der Waals surface area (Å²) in [6.07, 6.45) is 2.06. The van der Waals surface area contributed by atoms with Crippen LogP contribution in [0.3, 0.4) is 0 Å². The molecule has 1 aromatic rings. The van der Waals surface area contributed by atoms with E-state index in [1.54, 1.807) is 7.05 Å². The largest absolute Gasteiger partial charge is 0.378 e. The molecule has 122 valence electrons. The van der Waals surface area contributed by atoms with Gasteiger partial charge in [-0.15, -0.1) is 0 Å². The third-order valence-electron chi connectivity index (χ3n) is 3.30. The van der Waals surface area contributed by atoms with Gasteiger partial charge in [-0.25, -0.2) is 4.79 Å². The van der Waals surface area contributed by atoms with Gasteiger partial charge in [0, 0.05) is 46.3 Å². The fraction of sp³-hybridized carbons (Fsp3) is 0.500. The van der Waals surface area contributed by atoms with Crippen LogP contribution in [0.2, 0.25) is 0 Å². The van der Waals surface area contributed by atoms with Gasteiger partial charge in [0.25, 0.3) is 0 Å². The molecule has 0 aliphatic rings. The first-order valence-corrected chi connectivity index (χ1v) is 7.51. The van der Waals surface area contributed by atoms with E-state index < -0.39 is 0 Å². The summed E-state index contributed by atoms with van der Waals surface area (Å²) >= 11 is 0. The molecule has 0 bridgehead atoms. The highest BCUT2D eigenvalue weighted by atomic mass is 16.2. The van der Waals surface area contributed by atoms with Gasteiger partial charge in [0.1, 0.15) is 0 Å². The zero-order chi connectivity index (χ0) is 16.4. The Kier molecular flexibility index (Phi) is 7.81. The van der Waals surface area contributed by atoms with Crippen molar-refractivity contribution >= 4 is 17.6 Å². The van der Waals surface area contributed by atoms with E-state index >= 15 is 0 Å². The maximum atomic E-state index is 11.6. The Morgan fingerprint density at radius 3 is 2.32 bits per heavy atom. The maximum Gasteiger partial charge on any atom is 0.315 e. The number of anilines is 1. The Hall–Kier alpha value is -2.24. The van der Waals surface area contributed by atoms with Crippen LogP contribution in [0.5, 0.6) is 0 Å². The van der Waals surface area contributed by atoms with Crippen molar-refractivity contribution in [1.82, 2.24) is 16.0 Å². The number of carbonyl (C=O) groups excluding carboxylic acids is 2. The molecule has 6 nitrogen and oxygen atoms in total. The zero-order valence-corrected chi connectivity index (χ0v) is 13.6. The molecule has 0 atom stereocenters. The highest BCUT2D eigenvalue weighted by molar-refractivity contribution is 5.75. The molecule has 0 radical (unpaired) electrons. The van der Waals surface area contributed by atoms with Crippen LogP contribution in [0.25, 0.3) is 0 Å². The van der Waals surface area contributed by atoms with E-state index in [4.69, 9.17) is 0 Å². The van der Waals surface area contributed by atoms with Crippen LogP contribution >= 0.6 is 0 Å². The summed E-state index contributed by atoms with van der Waals surface area (Å²) in [4.78, 5) is 24.7. The molecule has 1 aromatic carbocycles. The normalized spacial score (nSPS) is 9.95. The second-order valence-corrected chi connectivity index (χ2v) is 5.30. The lowest BCUT2D eigenvalue weighted by molar-refractivity contribution is -0.120. The van der Waals surface area contributed by atoms with Gasteiger partial charge < -0.3 is 20.9 Å². The molecule has 0 fully saturated rings. The van der Waals surface area contributed by atoms with Gasteiger partial charge >= 0.3 is 6.03 Å². The minimum atomic E-state index is -0.184. The zero-order valence-electron chi connectivity index (χ0n) is 13.6. The van der Waals surface area contributed by atoms with Crippen LogP contribution in [0.15, 0.2) is 24.3 Å². The summed E-state index contributed by atoms with van der Waals surface area (Å²) in [6.45, 7) is 1.07. The third kappa shape index (κ3) is 6.97. The number of unbranched alkanes of at least 4 members (excludes halogenated alkanes) is 1. The SMILES string of the molecule is CNC(=O)CCCCNC(=O)NCc1ccc(N(C)C)cc1. The van der Waals surface area contributed by atoms with Crippen LogP contribution in [-0.2, 0) is 11.3 Å². The first-order chi connectivity index (χ1) is 10.5. The quantitative estimate of drug-likeness (QED) is 0.637. The Morgan fingerprint density at radius 1 is 1.05 bits per heavy atom. The summed E-state index contributed by atoms with van der Waals surface area (Å²) in [5, 5.41) is 8.17. The van der Waals surface area contributed by atoms with E-state index in [1.165, 1.54) is 0 Å². The van der Waals surface area contributed by atoms with Gasteiger partial charge in [-0.3, -0.25) is 4.79 Å². The number of rotatable bonds is 8. The van der Waals surface area contributed by atoms with Gasteiger partial charge in [0.05, 0.1) is 0 Å². The molecule has 0 aliphatic carbocycles. The number of nitrogens with zero attached hydrogens (tertiary/aromatic N) is 1. The van der Waals surface area contributed by atoms with E-state index in [0.717, 1.165) is 24.1 Å². The number of benzene rings is 1. The van der Waals surface area contributed by atoms with Gasteiger partial charge in [-0.1, -0.05) is 12.1 Å². The minimum absolute atomic E-state index is 0.0330. The van der Waals surface area contributed by atoms with Crippen LogP contribution in [0, 0.1) is 0 Å². The van der Waals surface area contributed by atoms with Crippen LogP contribution in [0.4, 0.5) is 10.5 Å². The number of amides is 3. The molecule has 0 saturated carbocycles. The molecule has 3 N–H and O–H groups in total. The van der Waals surface area contributed by atoms with E-state index in [-0.39, 0.29) is 11.9 Å². The molecule has 0 aromatic heterocycles. The van der Waals surface area contributed by atoms with Crippen molar-refractivity contribution in [3.8, 4) is 0 Å². The molecule has 0 heterocycles. The van der Waals surface area contributed by atoms with E-state index in [2.05, 4.69) is 16.0 Å². The molecule has 3 amide bonds. The Labute approximate surface area is 132 Å². The van der Waals surface area contributed by atoms with E-state index in [0.29, 0.717) is 19.5 Å². The number of urea groups is 1. The molecule has 0 spiro atoms. The van der Waals surface area contributed by atoms with Crippen LogP contribution in [0.1, 0.15) is 24.8 Å². The van der Waals surface area contributed by atoms with Crippen LogP contribution < -0.4 is 20.9 Å². The van der Waals surface area contributed by atoms with E-state index in [1.807, 2.05) is 43.3 Å². The van der Waals surface area contributed by atoms with Crippen LogP contribution in [-0.4, -0.2) is 39.6 Å². The highest BCUT2D eigenvalue weighted by Gasteiger charge is 2.02. The first kappa shape index (κ1) is 17.8. The third-order valence-corrected chi connectivity index (χ3v) is 3.30. The highest BCUT2D eigenvalue weighted by Crippen LogP contribution is 2.11. The van der Waals surface area contributed by atoms with Crippen molar-refractivity contribution in [1.29, 1.82) is 0 Å². The molecule has 0 aliphatic heterocycles. The molecular formula is C16H26N4O2. The Bertz CT molecular complexity index is 472. The van der Waals surface area contributed by atoms with E-state index in [9.17, 15) is 9.59 Å². The predicted octanol–water partition coefficient (Wildman–Crippen LogP) is 1.47. The fourth-order valence-electron chi connectivity index (χ4n) is 1.89. The fourth-order valence-corrected chi connectivity index (χ4v) is 1.89. The number of hydrogen-bond donors (Lipinski definition) is 3. The van der Waals surface area contributed by atoms with Gasteiger partial charge in [0.2, 0.25) is 5.91 Å². The van der Waals surface area contributed by atoms with Crippen molar-refractivity contribution in [3.63, 3.8) is 0 Å². The summed E-state index contributed by atoms with van der Waals surface area (Å²) in [5.74, 6) is 0.0330. The lowest BCUT2D eigenvalue weighted by atomic mass is 10.2. The summed E-state index contributed by atoms with van der Waals surface area (Å²) in [5.41, 5.74) is 2.18. The number of carbonyl (C=O) groups is 2. The predicted molar refractivity (Wildman–Crippen MR) is 88.9 cm³/mol. The summed E-state index contributed by atoms with van der Waals surface area (Å²) < 4.78 is 0. The van der Waals surface area contributed by atoms with Crippen molar-refractivity contribution < 1.29 is 9.59 Å². The van der Waals surface area contributed by atoms with Crippen molar-refractivity contribution in [2.24, 2.45) is 0 Å². The van der Waals surface area contributed by atoms with Crippen molar-refractivity contribution in [2.75, 3.05) is 32.6 Å². The first-order valence-electron chi connectivity index (χ1n) is 7.51. The smallest absolute Gasteiger partial charge is 0.315 e. The molecule has 0 unspecified atom stereocenters. The second-order valence-electron chi connectivity index (χ2n) is 5.30. The molecule has 0 saturated heterocycles. The topological polar surface area (TPSA) is 73.5 Å². The standard InChI is InChI=1S/C16H26N4O2/c1-17-15(21)6-4-5-11-18-16(22)19-12-13-7-9-14(10-8-13)20(2)3/h7-10H,4-6,11-12H2,1-3H3,(H,17,21)(H2,18,19,22). The molecule has 6 heteroatoms. The second kappa shape index (κ2) is 9.65. The number of hydrogen-bond acceptors (Lipinski definition) is 3. The summed E-state index contributed by atoms with van der Waals surface area (Å²) in [6, 6.07) is 7.86. The molecule has 1 rings (SSSR count). The number of nitrogens with one attached hydrogen (secondary N) is 3. The lowest BCUT2D eigenvalue weighted by Crippen LogP contribution is -2.35. The average molecular weight is 306 g/mol. The molecule has 22 heavy (non-hydrogen) atoms. The maximum absolute atomic E-state index is 11.6. The lowest BCUT2D eigenvalue weighted by Gasteiger charge is -2.13. The average Bonchev–Trinajstić information content (AvgIpc) is 2.52. The van der Waals surface area contributed by atoms with Gasteiger partial charge in [-0.05, 0) is 30.5 Å².